The molecule has 0 saturated carbocycles. The summed E-state index contributed by atoms with van der Waals surface area (Å²) < 4.78 is 37.4. The van der Waals surface area contributed by atoms with Gasteiger partial charge in [-0.15, -0.1) is 0 Å². The molecular weight excluding hydrogens is 394 g/mol. The Morgan fingerprint density at radius 2 is 1.81 bits per heavy atom. The number of aryl methyl sites for hydroxylation is 1. The van der Waals surface area contributed by atoms with E-state index in [-0.39, 0.29) is 33.3 Å². The Morgan fingerprint density at radius 1 is 1.11 bits per heavy atom. The van der Waals surface area contributed by atoms with E-state index >= 15 is 0 Å². The van der Waals surface area contributed by atoms with Crippen LogP contribution in [0.25, 0.3) is 0 Å². The Kier molecular flexibility index (Phi) is 6.45. The van der Waals surface area contributed by atoms with Crippen molar-refractivity contribution in [2.24, 2.45) is 0 Å². The van der Waals surface area contributed by atoms with Gasteiger partial charge >= 0.3 is 11.9 Å². The van der Waals surface area contributed by atoms with Gasteiger partial charge in [-0.1, -0.05) is 17.7 Å². The summed E-state index contributed by atoms with van der Waals surface area (Å²) in [7, 11) is -2.87. The average Bonchev–Trinajstić information content (AvgIpc) is 2.63. The number of carbonyl (C=O) groups excluding carboxylic acids is 2. The molecule has 144 valence electrons. The van der Waals surface area contributed by atoms with Gasteiger partial charge in [0.15, 0.2) is 0 Å². The number of hydrogen-bond acceptors (Lipinski definition) is 6. The number of nitrogens with one attached hydrogen (secondary N) is 1. The van der Waals surface area contributed by atoms with Crippen LogP contribution in [0.2, 0.25) is 5.02 Å². The molecule has 0 saturated heterocycles. The summed E-state index contributed by atoms with van der Waals surface area (Å²) in [5, 5.41) is 0.0706. The van der Waals surface area contributed by atoms with E-state index in [1.54, 1.807) is 26.0 Å². The fraction of sp³-hybridized carbons (Fsp3) is 0.222. The highest BCUT2D eigenvalue weighted by Crippen LogP contribution is 2.25. The maximum atomic E-state index is 12.7. The fourth-order valence-electron chi connectivity index (χ4n) is 2.21. The molecular formula is C18H18ClNO6S. The Balaban J connectivity index is 2.41. The summed E-state index contributed by atoms with van der Waals surface area (Å²) in [6.45, 7) is 3.57. The Morgan fingerprint density at radius 3 is 2.44 bits per heavy atom. The number of esters is 2. The number of hydrogen-bond donors (Lipinski definition) is 1. The third-order valence-corrected chi connectivity index (χ3v) is 5.34. The van der Waals surface area contributed by atoms with Crippen LogP contribution in [0.15, 0.2) is 41.3 Å². The van der Waals surface area contributed by atoms with Gasteiger partial charge in [0, 0.05) is 0 Å². The van der Waals surface area contributed by atoms with Crippen molar-refractivity contribution in [3.63, 3.8) is 0 Å². The number of rotatable bonds is 6. The van der Waals surface area contributed by atoms with E-state index in [2.05, 4.69) is 9.46 Å². The Hall–Kier alpha value is -2.58. The van der Waals surface area contributed by atoms with Crippen LogP contribution in [0, 0.1) is 6.92 Å². The number of sulfonamides is 1. The van der Waals surface area contributed by atoms with Crippen LogP contribution in [-0.4, -0.2) is 34.1 Å². The molecule has 9 heteroatoms. The minimum absolute atomic E-state index is 0.0703. The molecule has 0 amide bonds. The first-order valence-electron chi connectivity index (χ1n) is 7.88. The molecule has 2 rings (SSSR count). The van der Waals surface area contributed by atoms with Crippen LogP contribution >= 0.6 is 11.6 Å². The van der Waals surface area contributed by atoms with Gasteiger partial charge in [-0.2, -0.15) is 0 Å². The van der Waals surface area contributed by atoms with Crippen molar-refractivity contribution in [3.8, 4) is 0 Å². The lowest BCUT2D eigenvalue weighted by molar-refractivity contribution is 0.0525. The molecule has 0 heterocycles. The monoisotopic (exact) mass is 411 g/mol. The molecule has 0 radical (unpaired) electrons. The highest BCUT2D eigenvalue weighted by atomic mass is 35.5. The van der Waals surface area contributed by atoms with E-state index in [0.717, 1.165) is 6.07 Å². The number of ether oxygens (including phenoxy) is 2. The second kappa shape index (κ2) is 8.41. The maximum absolute atomic E-state index is 12.7. The van der Waals surface area contributed by atoms with Gasteiger partial charge in [-0.05, 0) is 49.7 Å². The van der Waals surface area contributed by atoms with Crippen molar-refractivity contribution >= 4 is 39.3 Å². The topological polar surface area (TPSA) is 98.8 Å². The number of carbonyl (C=O) groups is 2. The molecule has 27 heavy (non-hydrogen) atoms. The molecule has 1 N–H and O–H groups in total. The number of anilines is 1. The van der Waals surface area contributed by atoms with E-state index in [1.807, 2.05) is 0 Å². The Bertz CT molecular complexity index is 987. The molecule has 0 aliphatic heterocycles. The standard InChI is InChI=1S/C18H18ClNO6S/c1-4-26-17(21)12-6-5-11(2)16(9-12)20-27(23,24)13-7-8-15(19)14(10-13)18(22)25-3/h5-10,20H,4H2,1-3H3. The lowest BCUT2D eigenvalue weighted by Crippen LogP contribution is -2.16. The molecule has 0 atom stereocenters. The van der Waals surface area contributed by atoms with E-state index < -0.39 is 22.0 Å². The van der Waals surface area contributed by atoms with Crippen LogP contribution in [0.5, 0.6) is 0 Å². The van der Waals surface area contributed by atoms with Crippen LogP contribution in [0.3, 0.4) is 0 Å². The van der Waals surface area contributed by atoms with Gasteiger partial charge in [0.1, 0.15) is 0 Å². The van der Waals surface area contributed by atoms with Crippen molar-refractivity contribution in [3.05, 3.63) is 58.1 Å². The van der Waals surface area contributed by atoms with Crippen LogP contribution in [0.4, 0.5) is 5.69 Å². The van der Waals surface area contributed by atoms with Crippen molar-refractivity contribution in [2.75, 3.05) is 18.4 Å². The summed E-state index contributed by atoms with van der Waals surface area (Å²) in [5.41, 5.74) is 0.967. The third kappa shape index (κ3) is 4.78. The van der Waals surface area contributed by atoms with Crippen LogP contribution in [-0.2, 0) is 19.5 Å². The van der Waals surface area contributed by atoms with E-state index in [9.17, 15) is 18.0 Å². The van der Waals surface area contributed by atoms with E-state index in [4.69, 9.17) is 16.3 Å². The minimum atomic E-state index is -4.04. The first-order chi connectivity index (χ1) is 12.7. The molecule has 0 fully saturated rings. The van der Waals surface area contributed by atoms with Gasteiger partial charge in [0.25, 0.3) is 10.0 Å². The highest BCUT2D eigenvalue weighted by molar-refractivity contribution is 7.92. The largest absolute Gasteiger partial charge is 0.465 e. The predicted octanol–water partition coefficient (Wildman–Crippen LogP) is 3.41. The zero-order valence-corrected chi connectivity index (χ0v) is 16.5. The summed E-state index contributed by atoms with van der Waals surface area (Å²) in [6.07, 6.45) is 0. The molecule has 0 aliphatic carbocycles. The van der Waals surface area contributed by atoms with Crippen LogP contribution < -0.4 is 4.72 Å². The summed E-state index contributed by atoms with van der Waals surface area (Å²) in [6, 6.07) is 8.23. The number of halogens is 1. The van der Waals surface area contributed by atoms with Gasteiger partial charge in [0.05, 0.1) is 40.4 Å². The number of benzene rings is 2. The minimum Gasteiger partial charge on any atom is -0.465 e. The molecule has 0 aromatic heterocycles. The van der Waals surface area contributed by atoms with E-state index in [1.165, 1.54) is 25.3 Å². The first-order valence-corrected chi connectivity index (χ1v) is 9.74. The summed E-state index contributed by atoms with van der Waals surface area (Å²) in [5.74, 6) is -1.31. The summed E-state index contributed by atoms with van der Waals surface area (Å²) >= 11 is 5.92. The molecule has 0 unspecified atom stereocenters. The van der Waals surface area contributed by atoms with Crippen LogP contribution in [0.1, 0.15) is 33.2 Å². The smallest absolute Gasteiger partial charge is 0.339 e. The van der Waals surface area contributed by atoms with Gasteiger partial charge in [-0.3, -0.25) is 4.72 Å². The van der Waals surface area contributed by atoms with Crippen molar-refractivity contribution < 1.29 is 27.5 Å². The quantitative estimate of drug-likeness (QED) is 0.731. The second-order valence-electron chi connectivity index (χ2n) is 5.49. The predicted molar refractivity (Wildman–Crippen MR) is 101 cm³/mol. The zero-order chi connectivity index (χ0) is 20.2. The molecule has 2 aromatic rings. The molecule has 0 bridgehead atoms. The Labute approximate surface area is 162 Å². The normalized spacial score (nSPS) is 11.0. The van der Waals surface area contributed by atoms with Crippen molar-refractivity contribution in [1.29, 1.82) is 0 Å². The highest BCUT2D eigenvalue weighted by Gasteiger charge is 2.20. The third-order valence-electron chi connectivity index (χ3n) is 3.65. The lowest BCUT2D eigenvalue weighted by atomic mass is 10.1. The second-order valence-corrected chi connectivity index (χ2v) is 7.58. The van der Waals surface area contributed by atoms with Crippen molar-refractivity contribution in [1.82, 2.24) is 0 Å². The molecule has 2 aromatic carbocycles. The van der Waals surface area contributed by atoms with Gasteiger partial charge in [-0.25, -0.2) is 18.0 Å². The van der Waals surface area contributed by atoms with Gasteiger partial charge < -0.3 is 9.47 Å². The first kappa shape index (κ1) is 20.7. The lowest BCUT2D eigenvalue weighted by Gasteiger charge is -2.13. The molecule has 7 nitrogen and oxygen atoms in total. The molecule has 0 aliphatic rings. The molecule has 0 spiro atoms. The van der Waals surface area contributed by atoms with Gasteiger partial charge in [0.2, 0.25) is 0 Å². The fourth-order valence-corrected chi connectivity index (χ4v) is 3.56. The SMILES string of the molecule is CCOC(=O)c1ccc(C)c(NS(=O)(=O)c2ccc(Cl)c(C(=O)OC)c2)c1. The zero-order valence-electron chi connectivity index (χ0n) is 14.9. The average molecular weight is 412 g/mol. The van der Waals surface area contributed by atoms with Crippen molar-refractivity contribution in [2.45, 2.75) is 18.7 Å². The van der Waals surface area contributed by atoms with E-state index in [0.29, 0.717) is 5.56 Å². The number of methoxy groups -OCH3 is 1. The summed E-state index contributed by atoms with van der Waals surface area (Å²) in [4.78, 5) is 23.4. The maximum Gasteiger partial charge on any atom is 0.339 e.